The highest BCUT2D eigenvalue weighted by Crippen LogP contribution is 2.21. The molecule has 2 rings (SSSR count). The highest BCUT2D eigenvalue weighted by Gasteiger charge is 2.11. The molecule has 0 unspecified atom stereocenters. The van der Waals surface area contributed by atoms with Gasteiger partial charge in [0.15, 0.2) is 5.78 Å². The molecule has 0 saturated heterocycles. The number of rotatable bonds is 3. The number of carbonyl (C=O) groups is 1. The Hall–Kier alpha value is -1.68. The summed E-state index contributed by atoms with van der Waals surface area (Å²) < 4.78 is 0. The van der Waals surface area contributed by atoms with Gasteiger partial charge in [-0.25, -0.2) is 4.98 Å². The number of hydrogen-bond donors (Lipinski definition) is 1. The predicted octanol–water partition coefficient (Wildman–Crippen LogP) is 2.83. The zero-order valence-corrected chi connectivity index (χ0v) is 10.7. The molecule has 3 nitrogen and oxygen atoms in total. The summed E-state index contributed by atoms with van der Waals surface area (Å²) in [5.41, 5.74) is 8.37. The second-order valence-corrected chi connectivity index (χ2v) is 5.08. The predicted molar refractivity (Wildman–Crippen MR) is 70.5 cm³/mol. The molecule has 2 aromatic rings. The van der Waals surface area contributed by atoms with Gasteiger partial charge in [-0.15, -0.1) is 11.3 Å². The van der Waals surface area contributed by atoms with E-state index in [0.717, 1.165) is 33.3 Å². The molecule has 1 heterocycles. The second kappa shape index (κ2) is 4.67. The number of hydrogen-bond acceptors (Lipinski definition) is 4. The largest absolute Gasteiger partial charge is 0.399 e. The molecule has 0 bridgehead atoms. The van der Waals surface area contributed by atoms with Crippen molar-refractivity contribution in [3.8, 4) is 0 Å². The first kappa shape index (κ1) is 11.8. The average Bonchev–Trinajstić information content (AvgIpc) is 2.63. The SMILES string of the molecule is CC(=O)c1sc(Cc2ccc(N)cc2)nc1C. The summed E-state index contributed by atoms with van der Waals surface area (Å²) in [6, 6.07) is 7.72. The summed E-state index contributed by atoms with van der Waals surface area (Å²) in [5.74, 6) is 0.0866. The van der Waals surface area contributed by atoms with E-state index in [-0.39, 0.29) is 5.78 Å². The van der Waals surface area contributed by atoms with Gasteiger partial charge in [-0.3, -0.25) is 4.79 Å². The molecule has 0 radical (unpaired) electrons. The van der Waals surface area contributed by atoms with Crippen LogP contribution in [0.25, 0.3) is 0 Å². The van der Waals surface area contributed by atoms with Crippen molar-refractivity contribution in [3.63, 3.8) is 0 Å². The fraction of sp³-hybridized carbons (Fsp3) is 0.231. The van der Waals surface area contributed by atoms with Gasteiger partial charge < -0.3 is 5.73 Å². The van der Waals surface area contributed by atoms with E-state index >= 15 is 0 Å². The zero-order chi connectivity index (χ0) is 12.4. The quantitative estimate of drug-likeness (QED) is 0.669. The number of nitrogen functional groups attached to an aromatic ring is 1. The first-order chi connectivity index (χ1) is 8.06. The van der Waals surface area contributed by atoms with Gasteiger partial charge in [0.05, 0.1) is 15.6 Å². The first-order valence-corrected chi connectivity index (χ1v) is 6.19. The van der Waals surface area contributed by atoms with Crippen LogP contribution in [-0.2, 0) is 6.42 Å². The zero-order valence-electron chi connectivity index (χ0n) is 9.86. The molecule has 17 heavy (non-hydrogen) atoms. The van der Waals surface area contributed by atoms with Crippen molar-refractivity contribution in [2.75, 3.05) is 5.73 Å². The number of aryl methyl sites for hydroxylation is 1. The Morgan fingerprint density at radius 2 is 2.00 bits per heavy atom. The summed E-state index contributed by atoms with van der Waals surface area (Å²) in [4.78, 5) is 16.5. The summed E-state index contributed by atoms with van der Waals surface area (Å²) in [5, 5.41) is 0.970. The molecule has 0 fully saturated rings. The number of benzene rings is 1. The number of Topliss-reactive ketones (excluding diaryl/α,β-unsaturated/α-hetero) is 1. The van der Waals surface area contributed by atoms with Gasteiger partial charge in [0.1, 0.15) is 0 Å². The number of carbonyl (C=O) groups excluding carboxylic acids is 1. The fourth-order valence-electron chi connectivity index (χ4n) is 1.66. The molecule has 0 spiro atoms. The molecule has 88 valence electrons. The van der Waals surface area contributed by atoms with E-state index in [9.17, 15) is 4.79 Å². The van der Waals surface area contributed by atoms with Crippen molar-refractivity contribution >= 4 is 22.8 Å². The van der Waals surface area contributed by atoms with E-state index < -0.39 is 0 Å². The molecule has 0 aliphatic rings. The number of aromatic nitrogens is 1. The summed E-state index contributed by atoms with van der Waals surface area (Å²) in [7, 11) is 0. The van der Waals surface area contributed by atoms with Gasteiger partial charge in [0.25, 0.3) is 0 Å². The third-order valence-corrected chi connectivity index (χ3v) is 3.75. The first-order valence-electron chi connectivity index (χ1n) is 5.38. The Morgan fingerprint density at radius 1 is 1.35 bits per heavy atom. The monoisotopic (exact) mass is 246 g/mol. The number of ketones is 1. The summed E-state index contributed by atoms with van der Waals surface area (Å²) in [6.07, 6.45) is 0.749. The highest BCUT2D eigenvalue weighted by atomic mass is 32.1. The number of thiazole rings is 1. The fourth-order valence-corrected chi connectivity index (χ4v) is 2.66. The van der Waals surface area contributed by atoms with Crippen LogP contribution < -0.4 is 5.73 Å². The van der Waals surface area contributed by atoms with Crippen molar-refractivity contribution < 1.29 is 4.79 Å². The minimum Gasteiger partial charge on any atom is -0.399 e. The van der Waals surface area contributed by atoms with Crippen LogP contribution >= 0.6 is 11.3 Å². The molecular weight excluding hydrogens is 232 g/mol. The van der Waals surface area contributed by atoms with Crippen LogP contribution in [0, 0.1) is 6.92 Å². The normalized spacial score (nSPS) is 10.5. The lowest BCUT2D eigenvalue weighted by Crippen LogP contribution is -1.90. The van der Waals surface area contributed by atoms with Crippen molar-refractivity contribution in [1.82, 2.24) is 4.98 Å². The van der Waals surface area contributed by atoms with Gasteiger partial charge >= 0.3 is 0 Å². The Bertz CT molecular complexity index is 543. The van der Waals surface area contributed by atoms with Crippen molar-refractivity contribution in [2.24, 2.45) is 0 Å². The van der Waals surface area contributed by atoms with Gasteiger partial charge in [0, 0.05) is 19.0 Å². The average molecular weight is 246 g/mol. The molecule has 0 aliphatic heterocycles. The molecule has 4 heteroatoms. The number of nitrogens with two attached hydrogens (primary N) is 1. The Balaban J connectivity index is 2.22. The molecular formula is C13H14N2OS. The van der Waals surface area contributed by atoms with Crippen LogP contribution in [0.2, 0.25) is 0 Å². The van der Waals surface area contributed by atoms with E-state index in [1.807, 2.05) is 31.2 Å². The van der Waals surface area contributed by atoms with Crippen LogP contribution in [0.15, 0.2) is 24.3 Å². The Labute approximate surface area is 104 Å². The molecule has 0 aliphatic carbocycles. The number of anilines is 1. The highest BCUT2D eigenvalue weighted by molar-refractivity contribution is 7.13. The van der Waals surface area contributed by atoms with Gasteiger partial charge in [0.2, 0.25) is 0 Å². The molecule has 0 amide bonds. The maximum absolute atomic E-state index is 11.3. The smallest absolute Gasteiger partial charge is 0.171 e. The van der Waals surface area contributed by atoms with Crippen LogP contribution in [0.5, 0.6) is 0 Å². The van der Waals surface area contributed by atoms with Gasteiger partial charge in [-0.2, -0.15) is 0 Å². The Kier molecular flexibility index (Phi) is 3.24. The Morgan fingerprint density at radius 3 is 2.53 bits per heavy atom. The number of nitrogens with zero attached hydrogens (tertiary/aromatic N) is 1. The lowest BCUT2D eigenvalue weighted by Gasteiger charge is -1.98. The molecule has 2 N–H and O–H groups in total. The third-order valence-electron chi connectivity index (χ3n) is 2.50. The van der Waals surface area contributed by atoms with Crippen LogP contribution in [0.4, 0.5) is 5.69 Å². The minimum atomic E-state index is 0.0866. The van der Waals surface area contributed by atoms with E-state index in [0.29, 0.717) is 0 Å². The molecule has 1 aromatic heterocycles. The summed E-state index contributed by atoms with van der Waals surface area (Å²) in [6.45, 7) is 3.45. The van der Waals surface area contributed by atoms with Crippen LogP contribution in [-0.4, -0.2) is 10.8 Å². The molecule has 0 saturated carbocycles. The van der Waals surface area contributed by atoms with E-state index in [1.54, 1.807) is 6.92 Å². The maximum Gasteiger partial charge on any atom is 0.171 e. The second-order valence-electron chi connectivity index (χ2n) is 4.00. The molecule has 0 atom stereocenters. The van der Waals surface area contributed by atoms with E-state index in [4.69, 9.17) is 5.73 Å². The van der Waals surface area contributed by atoms with Crippen LogP contribution in [0.3, 0.4) is 0 Å². The third kappa shape index (κ3) is 2.71. The lowest BCUT2D eigenvalue weighted by atomic mass is 10.1. The van der Waals surface area contributed by atoms with Gasteiger partial charge in [-0.1, -0.05) is 12.1 Å². The summed E-state index contributed by atoms with van der Waals surface area (Å²) >= 11 is 1.47. The standard InChI is InChI=1S/C13H14N2OS/c1-8-13(9(2)16)17-12(15-8)7-10-3-5-11(14)6-4-10/h3-6H,7,14H2,1-2H3. The van der Waals surface area contributed by atoms with Crippen LogP contribution in [0.1, 0.15) is 32.9 Å². The topological polar surface area (TPSA) is 56.0 Å². The molecule has 1 aromatic carbocycles. The maximum atomic E-state index is 11.3. The lowest BCUT2D eigenvalue weighted by molar-refractivity contribution is 0.102. The van der Waals surface area contributed by atoms with E-state index in [2.05, 4.69) is 4.98 Å². The van der Waals surface area contributed by atoms with Gasteiger partial charge in [-0.05, 0) is 24.6 Å². The van der Waals surface area contributed by atoms with Crippen molar-refractivity contribution in [2.45, 2.75) is 20.3 Å². The van der Waals surface area contributed by atoms with E-state index in [1.165, 1.54) is 11.3 Å². The van der Waals surface area contributed by atoms with Crippen molar-refractivity contribution in [1.29, 1.82) is 0 Å². The van der Waals surface area contributed by atoms with Crippen molar-refractivity contribution in [3.05, 3.63) is 45.4 Å². The minimum absolute atomic E-state index is 0.0866.